The smallest absolute Gasteiger partial charge is 0.335 e. The summed E-state index contributed by atoms with van der Waals surface area (Å²) in [5.74, 6) is -0.865. The number of rotatable bonds is 11. The largest absolute Gasteiger partial charge is 0.495 e. The molecule has 0 atom stereocenters. The van der Waals surface area contributed by atoms with Crippen LogP contribution in [0.2, 0.25) is 0 Å². The first-order chi connectivity index (χ1) is 22.3. The molecule has 8 nitrogen and oxygen atoms in total. The number of methoxy groups -OCH3 is 1. The fraction of sp³-hybridized carbons (Fsp3) is 0.0789. The second-order valence-corrected chi connectivity index (χ2v) is 10.3. The fourth-order valence-corrected chi connectivity index (χ4v) is 4.79. The summed E-state index contributed by atoms with van der Waals surface area (Å²) >= 11 is 0. The highest BCUT2D eigenvalue weighted by Crippen LogP contribution is 2.30. The van der Waals surface area contributed by atoms with Crippen LogP contribution >= 0.6 is 0 Å². The predicted octanol–water partition coefficient (Wildman–Crippen LogP) is 7.67. The lowest BCUT2D eigenvalue weighted by Crippen LogP contribution is -2.27. The third kappa shape index (κ3) is 7.49. The Morgan fingerprint density at radius 3 is 2.17 bits per heavy atom. The highest BCUT2D eigenvalue weighted by molar-refractivity contribution is 6.09. The van der Waals surface area contributed by atoms with E-state index in [-0.39, 0.29) is 17.4 Å². The van der Waals surface area contributed by atoms with E-state index in [0.717, 1.165) is 16.7 Å². The van der Waals surface area contributed by atoms with Crippen LogP contribution in [0.5, 0.6) is 11.5 Å². The van der Waals surface area contributed by atoms with Crippen LogP contribution < -0.4 is 19.7 Å². The number of benzene rings is 5. The van der Waals surface area contributed by atoms with E-state index < -0.39 is 5.97 Å². The molecule has 5 aromatic rings. The average Bonchev–Trinajstić information content (AvgIpc) is 3.10. The second-order valence-electron chi connectivity index (χ2n) is 10.3. The Hall–Kier alpha value is -6.15. The number of carbonyl (C=O) groups excluding carboxylic acids is 2. The highest BCUT2D eigenvalue weighted by Gasteiger charge is 2.19. The Bertz CT molecular complexity index is 1880. The second kappa shape index (κ2) is 14.5. The lowest BCUT2D eigenvalue weighted by Gasteiger charge is -2.21. The van der Waals surface area contributed by atoms with Crippen LogP contribution in [-0.2, 0) is 6.61 Å². The van der Waals surface area contributed by atoms with E-state index in [1.165, 1.54) is 7.11 Å². The number of aromatic carboxylic acids is 1. The minimum absolute atomic E-state index is 0.210. The van der Waals surface area contributed by atoms with Gasteiger partial charge >= 0.3 is 5.97 Å². The van der Waals surface area contributed by atoms with Gasteiger partial charge in [-0.15, -0.1) is 0 Å². The van der Waals surface area contributed by atoms with E-state index in [4.69, 9.17) is 14.6 Å². The summed E-state index contributed by atoms with van der Waals surface area (Å²) in [6, 6.07) is 35.5. The first-order valence-electron chi connectivity index (χ1n) is 14.5. The van der Waals surface area contributed by atoms with Gasteiger partial charge in [0.25, 0.3) is 11.8 Å². The number of nitrogens with one attached hydrogen (secondary N) is 1. The number of carboxylic acid groups (broad SMARTS) is 1. The number of carbonyl (C=O) groups is 3. The van der Waals surface area contributed by atoms with Gasteiger partial charge in [0.15, 0.2) is 0 Å². The van der Waals surface area contributed by atoms with E-state index in [2.05, 4.69) is 5.32 Å². The Kier molecular flexibility index (Phi) is 9.89. The van der Waals surface area contributed by atoms with Crippen molar-refractivity contribution in [1.29, 1.82) is 0 Å². The van der Waals surface area contributed by atoms with E-state index in [0.29, 0.717) is 40.6 Å². The first-order valence-corrected chi connectivity index (χ1v) is 14.5. The zero-order chi connectivity index (χ0) is 32.5. The molecule has 0 aromatic heterocycles. The molecule has 0 bridgehead atoms. The molecule has 0 saturated heterocycles. The molecule has 0 aliphatic rings. The van der Waals surface area contributed by atoms with E-state index in [9.17, 15) is 14.4 Å². The Labute approximate surface area is 267 Å². The molecular formula is C38H32N2O6. The Balaban J connectivity index is 1.31. The van der Waals surface area contributed by atoms with E-state index in [1.54, 1.807) is 78.7 Å². The normalized spacial score (nSPS) is 10.7. The van der Waals surface area contributed by atoms with Crippen molar-refractivity contribution in [2.75, 3.05) is 24.4 Å². The van der Waals surface area contributed by atoms with Crippen LogP contribution in [0.15, 0.2) is 121 Å². The molecule has 5 rings (SSSR count). The van der Waals surface area contributed by atoms with Crippen LogP contribution in [0.4, 0.5) is 11.4 Å². The molecule has 2 amide bonds. The van der Waals surface area contributed by atoms with Gasteiger partial charge < -0.3 is 24.8 Å². The zero-order valence-corrected chi connectivity index (χ0v) is 25.3. The van der Waals surface area contributed by atoms with Crippen LogP contribution in [0, 0.1) is 0 Å². The third-order valence-electron chi connectivity index (χ3n) is 7.28. The van der Waals surface area contributed by atoms with Gasteiger partial charge in [-0.2, -0.15) is 0 Å². The topological polar surface area (TPSA) is 105 Å². The summed E-state index contributed by atoms with van der Waals surface area (Å²) in [5, 5.41) is 12.0. The van der Waals surface area contributed by atoms with Crippen molar-refractivity contribution in [2.24, 2.45) is 0 Å². The molecule has 0 aliphatic carbocycles. The molecule has 0 aliphatic heterocycles. The Morgan fingerprint density at radius 1 is 0.761 bits per heavy atom. The fourth-order valence-electron chi connectivity index (χ4n) is 4.79. The van der Waals surface area contributed by atoms with Crippen LogP contribution in [0.25, 0.3) is 12.2 Å². The van der Waals surface area contributed by atoms with Crippen molar-refractivity contribution >= 4 is 41.3 Å². The van der Waals surface area contributed by atoms with Crippen LogP contribution in [0.3, 0.4) is 0 Å². The summed E-state index contributed by atoms with van der Waals surface area (Å²) in [5.41, 5.74) is 4.62. The molecular weight excluding hydrogens is 580 g/mol. The molecule has 0 heterocycles. The van der Waals surface area contributed by atoms with E-state index >= 15 is 0 Å². The molecule has 0 spiro atoms. The summed E-state index contributed by atoms with van der Waals surface area (Å²) in [6.45, 7) is 0.317. The molecule has 0 radical (unpaired) electrons. The van der Waals surface area contributed by atoms with Gasteiger partial charge in [-0.25, -0.2) is 4.79 Å². The first kappa shape index (κ1) is 31.3. The lowest BCUT2D eigenvalue weighted by molar-refractivity contribution is 0.0696. The van der Waals surface area contributed by atoms with Crippen molar-refractivity contribution in [3.8, 4) is 11.5 Å². The van der Waals surface area contributed by atoms with Crippen molar-refractivity contribution < 1.29 is 29.0 Å². The maximum Gasteiger partial charge on any atom is 0.335 e. The summed E-state index contributed by atoms with van der Waals surface area (Å²) in [7, 11) is 3.16. The Morgan fingerprint density at radius 2 is 1.43 bits per heavy atom. The number of hydrogen-bond donors (Lipinski definition) is 2. The minimum Gasteiger partial charge on any atom is -0.495 e. The number of amides is 2. The highest BCUT2D eigenvalue weighted by atomic mass is 16.5. The van der Waals surface area contributed by atoms with Gasteiger partial charge in [0.1, 0.15) is 18.1 Å². The molecule has 0 fully saturated rings. The predicted molar refractivity (Wildman–Crippen MR) is 180 cm³/mol. The van der Waals surface area contributed by atoms with Crippen LogP contribution in [0.1, 0.15) is 47.8 Å². The summed E-state index contributed by atoms with van der Waals surface area (Å²) < 4.78 is 11.5. The van der Waals surface area contributed by atoms with Gasteiger partial charge in [-0.05, 0) is 65.2 Å². The van der Waals surface area contributed by atoms with Gasteiger partial charge in [0, 0.05) is 12.6 Å². The quantitative estimate of drug-likeness (QED) is 0.148. The van der Waals surface area contributed by atoms with Crippen molar-refractivity contribution in [3.63, 3.8) is 0 Å². The third-order valence-corrected chi connectivity index (χ3v) is 7.28. The summed E-state index contributed by atoms with van der Waals surface area (Å²) in [6.07, 6.45) is 3.73. The van der Waals surface area contributed by atoms with Crippen LogP contribution in [-0.4, -0.2) is 37.0 Å². The van der Waals surface area contributed by atoms with Crippen molar-refractivity contribution in [1.82, 2.24) is 0 Å². The molecule has 46 heavy (non-hydrogen) atoms. The molecule has 230 valence electrons. The SMILES string of the molecule is COc1cc(C(=O)N(C)c2ccccc2C=Cc2ccc(C(=O)O)cc2)ccc1NC(=O)c1ccccc1OCc1ccccc1. The number of ether oxygens (including phenoxy) is 2. The van der Waals surface area contributed by atoms with Gasteiger partial charge in [0.2, 0.25) is 0 Å². The van der Waals surface area contributed by atoms with Gasteiger partial charge in [-0.1, -0.05) is 84.9 Å². The molecule has 5 aromatic carbocycles. The summed E-state index contributed by atoms with van der Waals surface area (Å²) in [4.78, 5) is 39.6. The number of hydrogen-bond acceptors (Lipinski definition) is 5. The minimum atomic E-state index is -0.984. The number of carboxylic acids is 1. The maximum absolute atomic E-state index is 13.6. The van der Waals surface area contributed by atoms with Crippen molar-refractivity contribution in [2.45, 2.75) is 6.61 Å². The maximum atomic E-state index is 13.6. The zero-order valence-electron chi connectivity index (χ0n) is 25.3. The molecule has 0 unspecified atom stereocenters. The monoisotopic (exact) mass is 612 g/mol. The number of anilines is 2. The van der Waals surface area contributed by atoms with Gasteiger partial charge in [-0.3, -0.25) is 9.59 Å². The molecule has 0 saturated carbocycles. The molecule has 2 N–H and O–H groups in total. The van der Waals surface area contributed by atoms with Gasteiger partial charge in [0.05, 0.1) is 29.6 Å². The molecule has 8 heteroatoms. The number of para-hydroxylation sites is 2. The standard InChI is InChI=1S/C38H32N2O6/c1-40(33-14-8-6-12-28(33)19-16-26-17-20-29(21-18-26)38(43)44)37(42)30-22-23-32(35(24-30)45-2)39-36(41)31-13-7-9-15-34(31)46-25-27-10-4-3-5-11-27/h3-24H,25H2,1-2H3,(H,39,41)(H,43,44). The average molecular weight is 613 g/mol. The van der Waals surface area contributed by atoms with Crippen molar-refractivity contribution in [3.05, 3.63) is 155 Å². The van der Waals surface area contributed by atoms with E-state index in [1.807, 2.05) is 66.7 Å². The number of nitrogens with zero attached hydrogens (tertiary/aromatic N) is 1. The lowest BCUT2D eigenvalue weighted by atomic mass is 10.1.